The van der Waals surface area contributed by atoms with E-state index in [-0.39, 0.29) is 0 Å². The van der Waals surface area contributed by atoms with Crippen molar-refractivity contribution in [2.75, 3.05) is 0 Å². The van der Waals surface area contributed by atoms with Crippen molar-refractivity contribution in [1.29, 1.82) is 0 Å². The quantitative estimate of drug-likeness (QED) is 0.492. The van der Waals surface area contributed by atoms with Crippen LogP contribution in [0.4, 0.5) is 0 Å². The SMILES string of the molecule is C=CCC(CC=C)CCC. The van der Waals surface area contributed by atoms with Gasteiger partial charge in [0.05, 0.1) is 0 Å². The summed E-state index contributed by atoms with van der Waals surface area (Å²) in [5, 5.41) is 0. The van der Waals surface area contributed by atoms with Gasteiger partial charge in [-0.25, -0.2) is 0 Å². The Morgan fingerprint density at radius 1 is 1.20 bits per heavy atom. The van der Waals surface area contributed by atoms with Gasteiger partial charge in [0.1, 0.15) is 0 Å². The van der Waals surface area contributed by atoms with Crippen LogP contribution in [-0.4, -0.2) is 0 Å². The van der Waals surface area contributed by atoms with Crippen LogP contribution in [0.25, 0.3) is 0 Å². The van der Waals surface area contributed by atoms with Crippen molar-refractivity contribution in [1.82, 2.24) is 0 Å². The zero-order chi connectivity index (χ0) is 7.82. The minimum atomic E-state index is 0.792. The highest BCUT2D eigenvalue weighted by atomic mass is 14.1. The monoisotopic (exact) mass is 138 g/mol. The maximum atomic E-state index is 3.73. The fraction of sp³-hybridized carbons (Fsp3) is 0.600. The second-order valence-electron chi connectivity index (χ2n) is 2.70. The number of hydrogen-bond acceptors (Lipinski definition) is 0. The molecule has 0 bridgehead atoms. The van der Waals surface area contributed by atoms with Crippen LogP contribution < -0.4 is 0 Å². The van der Waals surface area contributed by atoms with Crippen LogP contribution in [0.3, 0.4) is 0 Å². The third kappa shape index (κ3) is 4.37. The molecule has 0 rings (SSSR count). The van der Waals surface area contributed by atoms with Crippen LogP contribution in [0, 0.1) is 5.92 Å². The molecule has 0 fully saturated rings. The lowest BCUT2D eigenvalue weighted by molar-refractivity contribution is 0.492. The molecule has 0 aromatic rings. The summed E-state index contributed by atoms with van der Waals surface area (Å²) in [7, 11) is 0. The van der Waals surface area contributed by atoms with Gasteiger partial charge in [0.25, 0.3) is 0 Å². The van der Waals surface area contributed by atoms with E-state index in [0.29, 0.717) is 0 Å². The van der Waals surface area contributed by atoms with Crippen LogP contribution in [0.1, 0.15) is 32.6 Å². The third-order valence-electron chi connectivity index (χ3n) is 1.70. The van der Waals surface area contributed by atoms with E-state index in [2.05, 4.69) is 20.1 Å². The average Bonchev–Trinajstić information content (AvgIpc) is 1.90. The lowest BCUT2D eigenvalue weighted by Crippen LogP contribution is -1.95. The number of allylic oxidation sites excluding steroid dienone is 2. The molecule has 0 heterocycles. The Hall–Kier alpha value is -0.520. The van der Waals surface area contributed by atoms with Gasteiger partial charge in [-0.2, -0.15) is 0 Å². The Balaban J connectivity index is 3.48. The molecule has 0 aliphatic rings. The maximum absolute atomic E-state index is 3.73. The number of rotatable bonds is 6. The molecular formula is C10H18. The van der Waals surface area contributed by atoms with Gasteiger partial charge in [-0.05, 0) is 18.8 Å². The minimum absolute atomic E-state index is 0.792. The summed E-state index contributed by atoms with van der Waals surface area (Å²) in [5.74, 6) is 0.792. The van der Waals surface area contributed by atoms with Crippen LogP contribution in [-0.2, 0) is 0 Å². The van der Waals surface area contributed by atoms with Crippen LogP contribution in [0.5, 0.6) is 0 Å². The molecule has 10 heavy (non-hydrogen) atoms. The molecule has 0 aromatic carbocycles. The van der Waals surface area contributed by atoms with Crippen LogP contribution in [0.2, 0.25) is 0 Å². The Labute approximate surface area is 64.6 Å². The van der Waals surface area contributed by atoms with Crippen LogP contribution >= 0.6 is 0 Å². The molecule has 0 saturated carbocycles. The molecular weight excluding hydrogens is 120 g/mol. The van der Waals surface area contributed by atoms with Crippen molar-refractivity contribution in [3.8, 4) is 0 Å². The molecule has 0 aliphatic heterocycles. The molecule has 0 unspecified atom stereocenters. The van der Waals surface area contributed by atoms with Gasteiger partial charge in [0.2, 0.25) is 0 Å². The zero-order valence-electron chi connectivity index (χ0n) is 6.97. The second-order valence-corrected chi connectivity index (χ2v) is 2.70. The molecule has 0 N–H and O–H groups in total. The van der Waals surface area contributed by atoms with E-state index in [1.165, 1.54) is 12.8 Å². The molecule has 0 atom stereocenters. The van der Waals surface area contributed by atoms with E-state index in [4.69, 9.17) is 0 Å². The van der Waals surface area contributed by atoms with Crippen LogP contribution in [0.15, 0.2) is 25.3 Å². The van der Waals surface area contributed by atoms with Crippen molar-refractivity contribution in [2.24, 2.45) is 5.92 Å². The third-order valence-corrected chi connectivity index (χ3v) is 1.70. The summed E-state index contributed by atoms with van der Waals surface area (Å²) in [5.41, 5.74) is 0. The summed E-state index contributed by atoms with van der Waals surface area (Å²) in [6.07, 6.45) is 8.86. The lowest BCUT2D eigenvalue weighted by atomic mass is 9.96. The molecule has 0 aliphatic carbocycles. The van der Waals surface area contributed by atoms with E-state index in [0.717, 1.165) is 18.8 Å². The van der Waals surface area contributed by atoms with E-state index in [1.54, 1.807) is 0 Å². The van der Waals surface area contributed by atoms with E-state index in [1.807, 2.05) is 12.2 Å². The highest BCUT2D eigenvalue weighted by Gasteiger charge is 2.01. The average molecular weight is 138 g/mol. The van der Waals surface area contributed by atoms with Crippen molar-refractivity contribution in [3.05, 3.63) is 25.3 Å². The fourth-order valence-electron chi connectivity index (χ4n) is 1.21. The largest absolute Gasteiger partial charge is 0.103 e. The molecule has 0 spiro atoms. The summed E-state index contributed by atoms with van der Waals surface area (Å²) >= 11 is 0. The highest BCUT2D eigenvalue weighted by molar-refractivity contribution is 4.79. The van der Waals surface area contributed by atoms with Crippen molar-refractivity contribution in [3.63, 3.8) is 0 Å². The highest BCUT2D eigenvalue weighted by Crippen LogP contribution is 2.15. The topological polar surface area (TPSA) is 0 Å². The van der Waals surface area contributed by atoms with Gasteiger partial charge >= 0.3 is 0 Å². The smallest absolute Gasteiger partial charge is 0.0322 e. The first-order valence-electron chi connectivity index (χ1n) is 4.06. The predicted octanol–water partition coefficient (Wildman–Crippen LogP) is 3.55. The summed E-state index contributed by atoms with van der Waals surface area (Å²) in [6, 6.07) is 0. The van der Waals surface area contributed by atoms with Crippen molar-refractivity contribution in [2.45, 2.75) is 32.6 Å². The molecule has 0 amide bonds. The van der Waals surface area contributed by atoms with E-state index < -0.39 is 0 Å². The van der Waals surface area contributed by atoms with Gasteiger partial charge in [-0.3, -0.25) is 0 Å². The van der Waals surface area contributed by atoms with E-state index in [9.17, 15) is 0 Å². The zero-order valence-corrected chi connectivity index (χ0v) is 6.97. The lowest BCUT2D eigenvalue weighted by Gasteiger charge is -2.09. The molecule has 0 radical (unpaired) electrons. The number of hydrogen-bond donors (Lipinski definition) is 0. The maximum Gasteiger partial charge on any atom is -0.0322 e. The van der Waals surface area contributed by atoms with Gasteiger partial charge in [0, 0.05) is 0 Å². The second kappa shape index (κ2) is 6.60. The summed E-state index contributed by atoms with van der Waals surface area (Å²) < 4.78 is 0. The Morgan fingerprint density at radius 3 is 2.00 bits per heavy atom. The Morgan fingerprint density at radius 2 is 1.70 bits per heavy atom. The van der Waals surface area contributed by atoms with Gasteiger partial charge in [0.15, 0.2) is 0 Å². The molecule has 0 aromatic heterocycles. The molecule has 58 valence electrons. The minimum Gasteiger partial charge on any atom is -0.103 e. The fourth-order valence-corrected chi connectivity index (χ4v) is 1.21. The van der Waals surface area contributed by atoms with Crippen molar-refractivity contribution >= 4 is 0 Å². The van der Waals surface area contributed by atoms with E-state index >= 15 is 0 Å². The summed E-state index contributed by atoms with van der Waals surface area (Å²) in [4.78, 5) is 0. The Kier molecular flexibility index (Phi) is 6.25. The standard InChI is InChI=1S/C10H18/c1-4-7-10(8-5-2)9-6-3/h4-5,10H,1-2,6-9H2,3H3. The molecule has 0 nitrogen and oxygen atoms in total. The Bertz CT molecular complexity index is 82.2. The first kappa shape index (κ1) is 9.48. The molecule has 0 saturated heterocycles. The molecule has 0 heteroatoms. The van der Waals surface area contributed by atoms with Gasteiger partial charge in [-0.15, -0.1) is 13.2 Å². The first-order valence-corrected chi connectivity index (χ1v) is 4.06. The van der Waals surface area contributed by atoms with Crippen molar-refractivity contribution < 1.29 is 0 Å². The first-order chi connectivity index (χ1) is 4.85. The van der Waals surface area contributed by atoms with Gasteiger partial charge in [-0.1, -0.05) is 31.9 Å². The normalized spacial score (nSPS) is 9.80. The predicted molar refractivity (Wildman–Crippen MR) is 48.0 cm³/mol. The van der Waals surface area contributed by atoms with Gasteiger partial charge < -0.3 is 0 Å². The summed E-state index contributed by atoms with van der Waals surface area (Å²) in [6.45, 7) is 9.68.